The number of carbonyl (C=O) groups is 2. The van der Waals surface area contributed by atoms with Gasteiger partial charge in [0, 0.05) is 34.7 Å². The molecule has 2 aromatic heterocycles. The molecule has 1 N–H and O–H groups in total. The van der Waals surface area contributed by atoms with Gasteiger partial charge in [-0.1, -0.05) is 33.2 Å². The molecule has 0 bridgehead atoms. The number of aromatic nitrogens is 3. The number of fused-ring (bicyclic) bond motifs is 1. The third-order valence-electron chi connectivity index (χ3n) is 6.85. The van der Waals surface area contributed by atoms with E-state index in [0.717, 1.165) is 30.8 Å². The monoisotopic (exact) mass is 617 g/mol. The molecular weight excluding hydrogens is 594 g/mol. The first-order valence-corrected chi connectivity index (χ1v) is 14.3. The number of hydrogen-bond donors (Lipinski definition) is 1. The molecule has 3 heterocycles. The number of hydrogen-bond acceptors (Lipinski definition) is 8. The molecule has 1 saturated heterocycles. The van der Waals surface area contributed by atoms with Gasteiger partial charge in [0.2, 0.25) is 11.7 Å². The number of anilines is 1. The van der Waals surface area contributed by atoms with Crippen LogP contribution in [-0.4, -0.2) is 52.0 Å². The van der Waals surface area contributed by atoms with Crippen molar-refractivity contribution >= 4 is 55.0 Å². The number of para-hydroxylation sites is 1. The summed E-state index contributed by atoms with van der Waals surface area (Å²) in [5, 5.41) is 7.73. The number of amides is 2. The molecule has 40 heavy (non-hydrogen) atoms. The molecule has 0 atom stereocenters. The van der Waals surface area contributed by atoms with Crippen molar-refractivity contribution in [1.82, 2.24) is 20.0 Å². The first kappa shape index (κ1) is 26.1. The number of nitrogens with zero attached hydrogens (tertiary/aromatic N) is 4. The number of piperidine rings is 1. The predicted octanol–water partition coefficient (Wildman–Crippen LogP) is 6.13. The van der Waals surface area contributed by atoms with Crippen LogP contribution in [0.4, 0.5) is 5.69 Å². The highest BCUT2D eigenvalue weighted by Gasteiger charge is 2.30. The lowest BCUT2D eigenvalue weighted by molar-refractivity contribution is -0.143. The van der Waals surface area contributed by atoms with Gasteiger partial charge in [-0.05, 0) is 67.4 Å². The van der Waals surface area contributed by atoms with E-state index in [1.807, 2.05) is 54.6 Å². The lowest BCUT2D eigenvalue weighted by Crippen LogP contribution is -2.43. The van der Waals surface area contributed by atoms with Crippen LogP contribution in [0.5, 0.6) is 5.75 Å². The van der Waals surface area contributed by atoms with Crippen LogP contribution in [0, 0.1) is 0 Å². The summed E-state index contributed by atoms with van der Waals surface area (Å²) in [5.74, 6) is 0.456. The molecule has 11 heteroatoms. The van der Waals surface area contributed by atoms with Crippen molar-refractivity contribution in [2.24, 2.45) is 0 Å². The minimum atomic E-state index is -0.660. The Labute approximate surface area is 242 Å². The van der Waals surface area contributed by atoms with E-state index in [2.05, 4.69) is 31.4 Å². The summed E-state index contributed by atoms with van der Waals surface area (Å²) in [7, 11) is 1.60. The van der Waals surface area contributed by atoms with Gasteiger partial charge in [-0.2, -0.15) is 4.98 Å². The lowest BCUT2D eigenvalue weighted by Gasteiger charge is -2.29. The van der Waals surface area contributed by atoms with Crippen LogP contribution in [0.15, 0.2) is 75.7 Å². The molecule has 2 amide bonds. The number of thiazole rings is 1. The first-order valence-electron chi connectivity index (χ1n) is 12.7. The summed E-state index contributed by atoms with van der Waals surface area (Å²) >= 11 is 5.08. The molecular formula is C29H24BrN5O4S. The quantitative estimate of drug-likeness (QED) is 0.236. The number of benzene rings is 3. The zero-order valence-corrected chi connectivity index (χ0v) is 23.9. The van der Waals surface area contributed by atoms with Crippen molar-refractivity contribution in [3.63, 3.8) is 0 Å². The highest BCUT2D eigenvalue weighted by molar-refractivity contribution is 9.10. The van der Waals surface area contributed by atoms with Gasteiger partial charge in [0.25, 0.3) is 0 Å². The molecule has 1 fully saturated rings. The predicted molar refractivity (Wildman–Crippen MR) is 156 cm³/mol. The van der Waals surface area contributed by atoms with E-state index in [4.69, 9.17) is 14.2 Å². The second kappa shape index (κ2) is 11.2. The standard InChI is InChI=1S/C29H24BrN5O4S/c1-38-23-5-3-2-4-21(23)25-33-27(39-34-25)17-12-14-35(15-13-17)29(37)26(36)31-20-9-6-18(7-10-20)28-32-22-16-19(30)8-11-24(22)40-28/h2-11,16-17H,12-15H2,1H3,(H,31,36). The van der Waals surface area contributed by atoms with Crippen LogP contribution in [-0.2, 0) is 9.59 Å². The zero-order valence-electron chi connectivity index (χ0n) is 21.5. The van der Waals surface area contributed by atoms with Crippen LogP contribution in [0.3, 0.4) is 0 Å². The molecule has 0 spiro atoms. The highest BCUT2D eigenvalue weighted by Crippen LogP contribution is 2.33. The fourth-order valence-electron chi connectivity index (χ4n) is 4.72. The number of likely N-dealkylation sites (tertiary alicyclic amines) is 1. The van der Waals surface area contributed by atoms with Crippen LogP contribution >= 0.6 is 27.3 Å². The van der Waals surface area contributed by atoms with E-state index in [0.29, 0.717) is 49.1 Å². The smallest absolute Gasteiger partial charge is 0.313 e. The lowest BCUT2D eigenvalue weighted by atomic mass is 9.96. The van der Waals surface area contributed by atoms with Crippen molar-refractivity contribution in [2.75, 3.05) is 25.5 Å². The van der Waals surface area contributed by atoms with E-state index in [1.54, 1.807) is 35.5 Å². The minimum Gasteiger partial charge on any atom is -0.496 e. The Balaban J connectivity index is 1.04. The van der Waals surface area contributed by atoms with Crippen LogP contribution in [0.2, 0.25) is 0 Å². The van der Waals surface area contributed by atoms with Gasteiger partial charge in [0.05, 0.1) is 22.9 Å². The summed E-state index contributed by atoms with van der Waals surface area (Å²) < 4.78 is 13.0. The Kier molecular flexibility index (Phi) is 7.31. The van der Waals surface area contributed by atoms with Gasteiger partial charge in [-0.25, -0.2) is 4.98 Å². The van der Waals surface area contributed by atoms with Gasteiger partial charge in [-0.3, -0.25) is 9.59 Å². The molecule has 5 aromatic rings. The van der Waals surface area contributed by atoms with Gasteiger partial charge in [0.15, 0.2) is 0 Å². The summed E-state index contributed by atoms with van der Waals surface area (Å²) in [6.07, 6.45) is 1.25. The number of rotatable bonds is 5. The Bertz CT molecular complexity index is 1690. The molecule has 0 aliphatic carbocycles. The third-order valence-corrected chi connectivity index (χ3v) is 8.43. The van der Waals surface area contributed by atoms with Gasteiger partial charge >= 0.3 is 11.8 Å². The molecule has 0 saturated carbocycles. The number of methoxy groups -OCH3 is 1. The van der Waals surface area contributed by atoms with Crippen molar-refractivity contribution in [3.05, 3.63) is 77.1 Å². The molecule has 0 radical (unpaired) electrons. The topological polar surface area (TPSA) is 110 Å². The number of nitrogens with one attached hydrogen (secondary N) is 1. The molecule has 0 unspecified atom stereocenters. The first-order chi connectivity index (χ1) is 19.5. The van der Waals surface area contributed by atoms with Crippen molar-refractivity contribution in [3.8, 4) is 27.7 Å². The maximum Gasteiger partial charge on any atom is 0.313 e. The van der Waals surface area contributed by atoms with Crippen LogP contribution in [0.25, 0.3) is 32.2 Å². The summed E-state index contributed by atoms with van der Waals surface area (Å²) in [4.78, 5) is 36.4. The van der Waals surface area contributed by atoms with E-state index < -0.39 is 11.8 Å². The van der Waals surface area contributed by atoms with Crippen molar-refractivity contribution < 1.29 is 18.8 Å². The molecule has 1 aliphatic heterocycles. The summed E-state index contributed by atoms with van der Waals surface area (Å²) in [5.41, 5.74) is 3.18. The third kappa shape index (κ3) is 5.34. The largest absolute Gasteiger partial charge is 0.496 e. The molecule has 202 valence electrons. The Hall–Kier alpha value is -4.09. The van der Waals surface area contributed by atoms with Crippen LogP contribution in [0.1, 0.15) is 24.7 Å². The number of halogens is 1. The van der Waals surface area contributed by atoms with Gasteiger partial charge < -0.3 is 19.5 Å². The fourth-order valence-corrected chi connectivity index (χ4v) is 6.02. The molecule has 3 aromatic carbocycles. The van der Waals surface area contributed by atoms with E-state index in [1.165, 1.54) is 0 Å². The Morgan fingerprint density at radius 1 is 1.05 bits per heavy atom. The van der Waals surface area contributed by atoms with Crippen LogP contribution < -0.4 is 10.1 Å². The molecule has 1 aliphatic rings. The number of carbonyl (C=O) groups excluding carboxylic acids is 2. The van der Waals surface area contributed by atoms with Crippen molar-refractivity contribution in [1.29, 1.82) is 0 Å². The van der Waals surface area contributed by atoms with Gasteiger partial charge in [0.1, 0.15) is 10.8 Å². The fraction of sp³-hybridized carbons (Fsp3) is 0.207. The maximum absolute atomic E-state index is 12.9. The van der Waals surface area contributed by atoms with E-state index >= 15 is 0 Å². The summed E-state index contributed by atoms with van der Waals surface area (Å²) in [6, 6.07) is 20.8. The normalized spacial score (nSPS) is 13.9. The van der Waals surface area contributed by atoms with E-state index in [9.17, 15) is 9.59 Å². The second-order valence-corrected chi connectivity index (χ2v) is 11.3. The van der Waals surface area contributed by atoms with Gasteiger partial charge in [-0.15, -0.1) is 11.3 Å². The average molecular weight is 619 g/mol. The minimum absolute atomic E-state index is 0.0132. The Morgan fingerprint density at radius 2 is 1.82 bits per heavy atom. The maximum atomic E-state index is 12.9. The van der Waals surface area contributed by atoms with E-state index in [-0.39, 0.29) is 5.92 Å². The van der Waals surface area contributed by atoms with Crippen molar-refractivity contribution in [2.45, 2.75) is 18.8 Å². The summed E-state index contributed by atoms with van der Waals surface area (Å²) in [6.45, 7) is 0.853. The Morgan fingerprint density at radius 3 is 2.60 bits per heavy atom. The SMILES string of the molecule is COc1ccccc1-c1noc(C2CCN(C(=O)C(=O)Nc3ccc(-c4nc5cc(Br)ccc5s4)cc3)CC2)n1. The molecule has 9 nitrogen and oxygen atoms in total. The average Bonchev–Trinajstić information content (AvgIpc) is 3.65. The molecule has 6 rings (SSSR count). The second-order valence-electron chi connectivity index (χ2n) is 9.39. The highest BCUT2D eigenvalue weighted by atomic mass is 79.9. The number of ether oxygens (including phenoxy) is 1. The zero-order chi connectivity index (χ0) is 27.6.